The molecule has 0 aliphatic heterocycles. The number of para-hydroxylation sites is 1. The summed E-state index contributed by atoms with van der Waals surface area (Å²) in [7, 11) is 0. The number of rotatable bonds is 7. The van der Waals surface area contributed by atoms with E-state index in [1.54, 1.807) is 0 Å². The van der Waals surface area contributed by atoms with Crippen LogP contribution in [0.25, 0.3) is 5.69 Å². The normalized spacial score (nSPS) is 14.2. The molecule has 2 N–H and O–H groups in total. The third kappa shape index (κ3) is 4.18. The molecule has 0 saturated carbocycles. The Kier molecular flexibility index (Phi) is 4.93. The second-order valence-electron chi connectivity index (χ2n) is 5.44. The van der Waals surface area contributed by atoms with Gasteiger partial charge in [-0.2, -0.15) is 5.10 Å². The summed E-state index contributed by atoms with van der Waals surface area (Å²) in [4.78, 5) is 0. The Balaban J connectivity index is 1.88. The van der Waals surface area contributed by atoms with Crippen LogP contribution < -0.4 is 5.32 Å². The van der Waals surface area contributed by atoms with Gasteiger partial charge in [-0.1, -0.05) is 31.5 Å². The summed E-state index contributed by atoms with van der Waals surface area (Å²) in [5, 5.41) is 17.9. The van der Waals surface area contributed by atoms with Crippen LogP contribution in [0.5, 0.6) is 0 Å². The third-order valence-electron chi connectivity index (χ3n) is 3.27. The predicted molar refractivity (Wildman–Crippen MR) is 80.8 cm³/mol. The molecule has 1 unspecified atom stereocenters. The molecule has 0 fully saturated rings. The molecule has 1 heterocycles. The Bertz CT molecular complexity index is 520. The highest BCUT2D eigenvalue weighted by Crippen LogP contribution is 2.11. The van der Waals surface area contributed by atoms with Crippen molar-refractivity contribution in [2.45, 2.75) is 38.8 Å². The lowest BCUT2D eigenvalue weighted by molar-refractivity contribution is 0.0497. The van der Waals surface area contributed by atoms with Gasteiger partial charge in [-0.05, 0) is 31.5 Å². The molecule has 0 saturated heterocycles. The highest BCUT2D eigenvalue weighted by Gasteiger charge is 2.18. The van der Waals surface area contributed by atoms with E-state index in [0.717, 1.165) is 24.2 Å². The summed E-state index contributed by atoms with van der Waals surface area (Å²) in [6, 6.07) is 12.0. The van der Waals surface area contributed by atoms with Crippen LogP contribution in [0.3, 0.4) is 0 Å². The summed E-state index contributed by atoms with van der Waals surface area (Å²) in [5.74, 6) is 0. The molecule has 2 aromatic rings. The van der Waals surface area contributed by atoms with Crippen molar-refractivity contribution in [3.05, 3.63) is 48.3 Å². The van der Waals surface area contributed by atoms with E-state index in [2.05, 4.69) is 17.3 Å². The Hall–Kier alpha value is -1.65. The van der Waals surface area contributed by atoms with Gasteiger partial charge in [0.15, 0.2) is 0 Å². The largest absolute Gasteiger partial charge is 0.389 e. The van der Waals surface area contributed by atoms with Crippen LogP contribution in [0.4, 0.5) is 0 Å². The maximum atomic E-state index is 10.1. The number of aromatic nitrogens is 2. The molecular weight excluding hydrogens is 250 g/mol. The maximum Gasteiger partial charge on any atom is 0.0766 e. The molecule has 20 heavy (non-hydrogen) atoms. The van der Waals surface area contributed by atoms with Crippen LogP contribution in [-0.2, 0) is 6.54 Å². The maximum absolute atomic E-state index is 10.1. The van der Waals surface area contributed by atoms with Gasteiger partial charge in [-0.25, -0.2) is 4.68 Å². The average Bonchev–Trinajstić information content (AvgIpc) is 2.88. The monoisotopic (exact) mass is 273 g/mol. The number of nitrogens with one attached hydrogen (secondary N) is 1. The molecule has 1 aromatic heterocycles. The van der Waals surface area contributed by atoms with E-state index < -0.39 is 5.60 Å². The summed E-state index contributed by atoms with van der Waals surface area (Å²) < 4.78 is 1.86. The van der Waals surface area contributed by atoms with Crippen molar-refractivity contribution < 1.29 is 5.11 Å². The van der Waals surface area contributed by atoms with Gasteiger partial charge in [0.1, 0.15) is 0 Å². The van der Waals surface area contributed by atoms with E-state index in [0.29, 0.717) is 13.1 Å². The Morgan fingerprint density at radius 1 is 1.25 bits per heavy atom. The standard InChI is InChI=1S/C16H23N3O/c1-3-10-16(2,20)13-17-12-14-9-11-19(18-14)15-7-5-4-6-8-15/h4-9,11,17,20H,3,10,12-13H2,1-2H3. The average molecular weight is 273 g/mol. The fraction of sp³-hybridized carbons (Fsp3) is 0.438. The Morgan fingerprint density at radius 3 is 2.70 bits per heavy atom. The first-order valence-electron chi connectivity index (χ1n) is 7.14. The highest BCUT2D eigenvalue weighted by atomic mass is 16.3. The van der Waals surface area contributed by atoms with E-state index in [4.69, 9.17) is 0 Å². The fourth-order valence-electron chi connectivity index (χ4n) is 2.27. The van der Waals surface area contributed by atoms with Gasteiger partial charge in [0.2, 0.25) is 0 Å². The number of aliphatic hydroxyl groups is 1. The molecule has 1 aromatic carbocycles. The van der Waals surface area contributed by atoms with Gasteiger partial charge < -0.3 is 10.4 Å². The first kappa shape index (κ1) is 14.8. The Morgan fingerprint density at radius 2 is 2.00 bits per heavy atom. The summed E-state index contributed by atoms with van der Waals surface area (Å²) >= 11 is 0. The van der Waals surface area contributed by atoms with Crippen LogP contribution in [0.15, 0.2) is 42.6 Å². The molecular formula is C16H23N3O. The van der Waals surface area contributed by atoms with Crippen LogP contribution in [0, 0.1) is 0 Å². The summed E-state index contributed by atoms with van der Waals surface area (Å²) in [6.45, 7) is 5.20. The quantitative estimate of drug-likeness (QED) is 0.815. The van der Waals surface area contributed by atoms with Crippen molar-refractivity contribution in [3.63, 3.8) is 0 Å². The molecule has 0 aliphatic carbocycles. The predicted octanol–water partition coefficient (Wildman–Crippen LogP) is 2.51. The van der Waals surface area contributed by atoms with Gasteiger partial charge in [-0.15, -0.1) is 0 Å². The van der Waals surface area contributed by atoms with Gasteiger partial charge in [-0.3, -0.25) is 0 Å². The van der Waals surface area contributed by atoms with Crippen molar-refractivity contribution >= 4 is 0 Å². The van der Waals surface area contributed by atoms with Crippen molar-refractivity contribution in [1.29, 1.82) is 0 Å². The minimum Gasteiger partial charge on any atom is -0.389 e. The fourth-order valence-corrected chi connectivity index (χ4v) is 2.27. The first-order valence-corrected chi connectivity index (χ1v) is 7.14. The number of hydrogen-bond donors (Lipinski definition) is 2. The van der Waals surface area contributed by atoms with E-state index in [1.165, 1.54) is 0 Å². The van der Waals surface area contributed by atoms with Gasteiger partial charge in [0, 0.05) is 19.3 Å². The van der Waals surface area contributed by atoms with Crippen molar-refractivity contribution in [2.75, 3.05) is 6.54 Å². The van der Waals surface area contributed by atoms with E-state index >= 15 is 0 Å². The molecule has 108 valence electrons. The molecule has 0 bridgehead atoms. The minimum atomic E-state index is -0.642. The van der Waals surface area contributed by atoms with E-state index in [9.17, 15) is 5.11 Å². The third-order valence-corrected chi connectivity index (χ3v) is 3.27. The van der Waals surface area contributed by atoms with E-state index in [1.807, 2.05) is 54.2 Å². The Labute approximate surface area is 120 Å². The number of hydrogen-bond acceptors (Lipinski definition) is 3. The molecule has 0 radical (unpaired) electrons. The van der Waals surface area contributed by atoms with Crippen LogP contribution in [0.1, 0.15) is 32.4 Å². The van der Waals surface area contributed by atoms with Crippen LogP contribution >= 0.6 is 0 Å². The zero-order valence-electron chi connectivity index (χ0n) is 12.2. The zero-order valence-corrected chi connectivity index (χ0v) is 12.2. The van der Waals surface area contributed by atoms with Crippen LogP contribution in [0.2, 0.25) is 0 Å². The van der Waals surface area contributed by atoms with Crippen molar-refractivity contribution in [2.24, 2.45) is 0 Å². The highest BCUT2D eigenvalue weighted by molar-refractivity contribution is 5.30. The van der Waals surface area contributed by atoms with Gasteiger partial charge in [0.25, 0.3) is 0 Å². The minimum absolute atomic E-state index is 0.582. The second kappa shape index (κ2) is 6.68. The van der Waals surface area contributed by atoms with Crippen molar-refractivity contribution in [1.82, 2.24) is 15.1 Å². The molecule has 1 atom stereocenters. The molecule has 4 heteroatoms. The van der Waals surface area contributed by atoms with Gasteiger partial charge >= 0.3 is 0 Å². The second-order valence-corrected chi connectivity index (χ2v) is 5.44. The molecule has 4 nitrogen and oxygen atoms in total. The molecule has 0 amide bonds. The number of nitrogens with zero attached hydrogens (tertiary/aromatic N) is 2. The lowest BCUT2D eigenvalue weighted by Crippen LogP contribution is -2.37. The molecule has 2 rings (SSSR count). The zero-order chi connectivity index (χ0) is 14.4. The molecule has 0 aliphatic rings. The van der Waals surface area contributed by atoms with Crippen molar-refractivity contribution in [3.8, 4) is 5.69 Å². The van der Waals surface area contributed by atoms with Gasteiger partial charge in [0.05, 0.1) is 17.0 Å². The summed E-state index contributed by atoms with van der Waals surface area (Å²) in [5.41, 5.74) is 1.38. The smallest absolute Gasteiger partial charge is 0.0766 e. The SMILES string of the molecule is CCCC(C)(O)CNCc1ccn(-c2ccccc2)n1. The summed E-state index contributed by atoms with van der Waals surface area (Å²) in [6.07, 6.45) is 3.74. The molecule has 0 spiro atoms. The van der Waals surface area contributed by atoms with E-state index in [-0.39, 0.29) is 0 Å². The topological polar surface area (TPSA) is 50.1 Å². The number of benzene rings is 1. The van der Waals surface area contributed by atoms with Crippen LogP contribution in [-0.4, -0.2) is 27.0 Å². The lowest BCUT2D eigenvalue weighted by atomic mass is 10.0. The lowest BCUT2D eigenvalue weighted by Gasteiger charge is -2.22. The first-order chi connectivity index (χ1) is 9.61.